The Morgan fingerprint density at radius 1 is 0.527 bits per heavy atom. The maximum absolute atomic E-state index is 12.4. The lowest BCUT2D eigenvalue weighted by Gasteiger charge is -2.56. The van der Waals surface area contributed by atoms with Crippen molar-refractivity contribution in [1.82, 2.24) is 0 Å². The molecule has 10 aliphatic rings. The van der Waals surface area contributed by atoms with Gasteiger partial charge in [0.2, 0.25) is 0 Å². The Hall–Kier alpha value is -1.97. The number of Topliss-reactive ketones (excluding diaryl/α,β-unsaturated/α-hetero) is 1. The van der Waals surface area contributed by atoms with Gasteiger partial charge < -0.3 is 49.6 Å². The lowest BCUT2D eigenvalue weighted by Crippen LogP contribution is -2.58. The highest BCUT2D eigenvalue weighted by molar-refractivity contribution is 5.87. The minimum absolute atomic E-state index is 0. The maximum atomic E-state index is 12.4. The molecular weight excluding hydrogens is 941 g/mol. The molecule has 21 atom stereocenters. The zero-order valence-corrected chi connectivity index (χ0v) is 45.7. The van der Waals surface area contributed by atoms with Crippen LogP contribution >= 0.6 is 0 Å². The van der Waals surface area contributed by atoms with E-state index in [-0.39, 0.29) is 120 Å². The van der Waals surface area contributed by atoms with Gasteiger partial charge in [0.25, 0.3) is 0 Å². The Labute approximate surface area is 446 Å². The van der Waals surface area contributed by atoms with Crippen LogP contribution in [0.1, 0.15) is 212 Å². The third kappa shape index (κ3) is 10.5. The van der Waals surface area contributed by atoms with Crippen molar-refractivity contribution in [3.05, 3.63) is 12.2 Å². The van der Waals surface area contributed by atoms with E-state index in [9.17, 15) is 45.0 Å². The first-order chi connectivity index (χ1) is 33.7. The highest BCUT2D eigenvalue weighted by Gasteiger charge is 2.68. The molecule has 0 radical (unpaired) electrons. The van der Waals surface area contributed by atoms with Gasteiger partial charge in [-0.1, -0.05) is 75.5 Å². The van der Waals surface area contributed by atoms with Gasteiger partial charge in [0.05, 0.1) is 49.8 Å². The molecule has 9 aliphatic carbocycles. The molecule has 9 saturated carbocycles. The van der Waals surface area contributed by atoms with Gasteiger partial charge in [0.1, 0.15) is 18.0 Å². The summed E-state index contributed by atoms with van der Waals surface area (Å²) < 4.78 is 24.1. The van der Waals surface area contributed by atoms with Crippen molar-refractivity contribution in [2.45, 2.75) is 267 Å². The molecule has 1 heterocycles. The van der Waals surface area contributed by atoms with E-state index in [0.29, 0.717) is 50.7 Å². The lowest BCUT2D eigenvalue weighted by atomic mass is 9.53. The summed E-state index contributed by atoms with van der Waals surface area (Å²) in [5, 5.41) is 62.9. The van der Waals surface area contributed by atoms with E-state index >= 15 is 0 Å². The van der Waals surface area contributed by atoms with E-state index in [1.54, 1.807) is 0 Å². The van der Waals surface area contributed by atoms with Crippen LogP contribution in [0.25, 0.3) is 0 Å². The summed E-state index contributed by atoms with van der Waals surface area (Å²) >= 11 is 0. The minimum atomic E-state index is -0.606. The quantitative estimate of drug-likeness (QED) is 0.112. The molecule has 6 N–H and O–H groups in total. The predicted molar refractivity (Wildman–Crippen MR) is 285 cm³/mol. The van der Waals surface area contributed by atoms with Gasteiger partial charge in [-0.05, 0) is 156 Å². The third-order valence-corrected chi connectivity index (χ3v) is 23.3. The van der Waals surface area contributed by atoms with E-state index in [1.807, 2.05) is 6.92 Å². The Bertz CT molecular complexity index is 1990. The number of hydrogen-bond acceptors (Lipinski definition) is 13. The first-order valence-corrected chi connectivity index (χ1v) is 28.6. The molecule has 0 amide bonds. The number of rotatable bonds is 5. The zero-order chi connectivity index (χ0) is 52.6. The molecular formula is C61H104O13. The topological polar surface area (TPSA) is 210 Å². The normalized spacial score (nSPS) is 49.3. The standard InChI is InChI=1S/C22H36O5.C19H30O5.C18H30O3.2CH4/c1-14-5-8-20(3,18(24)13-14)16-6-9-21(4)17(19(16)27-15(2)23)7-10-22(21)25-11-12-26-22;1-11(20)24-17-13-4-5-15(22)18(13,2)9-7-14(17)19(3)8-6-12(21)10-16(19)23;1-11-4-5-13-16(21)14(7-9-17(11,13)2)18(3)8-6-12(19)10-15(18)20;;/h14,16-19,24H,5-13H2,1-4H3;12-14,16-17,21,23H,4-10H2,1-3H3;12-16,19-21H,1,4-10H2,2-3H3;2*1H4/t14-,16?,17?,18-,19?,20+,21-;12-,13?,14?,16-,17?,18-,19+;12-,13?,14?,15-,16-,17+,18+;;/m000../s1. The number of allylic oxidation sites excluding steroid dienone is 1. The summed E-state index contributed by atoms with van der Waals surface area (Å²) in [7, 11) is 0. The fourth-order valence-corrected chi connectivity index (χ4v) is 18.0. The van der Waals surface area contributed by atoms with Crippen molar-refractivity contribution in [3.63, 3.8) is 0 Å². The molecule has 1 spiro atoms. The number of ketones is 1. The molecule has 8 unspecified atom stereocenters. The van der Waals surface area contributed by atoms with Gasteiger partial charge in [-0.25, -0.2) is 0 Å². The largest absolute Gasteiger partial charge is 0.462 e. The molecule has 13 heteroatoms. The molecule has 0 aromatic heterocycles. The van der Waals surface area contributed by atoms with Gasteiger partial charge >= 0.3 is 11.9 Å². The van der Waals surface area contributed by atoms with E-state index in [4.69, 9.17) is 18.9 Å². The van der Waals surface area contributed by atoms with Crippen LogP contribution in [0.3, 0.4) is 0 Å². The molecule has 74 heavy (non-hydrogen) atoms. The monoisotopic (exact) mass is 1040 g/mol. The van der Waals surface area contributed by atoms with Gasteiger partial charge in [0.15, 0.2) is 5.79 Å². The molecule has 1 aliphatic heterocycles. The average molecular weight is 1050 g/mol. The Kier molecular flexibility index (Phi) is 18.7. The highest BCUT2D eigenvalue weighted by Crippen LogP contribution is 2.66. The van der Waals surface area contributed by atoms with Crippen LogP contribution in [0.4, 0.5) is 0 Å². The first-order valence-electron chi connectivity index (χ1n) is 28.6. The van der Waals surface area contributed by atoms with Crippen molar-refractivity contribution in [3.8, 4) is 0 Å². The van der Waals surface area contributed by atoms with Crippen molar-refractivity contribution in [1.29, 1.82) is 0 Å². The van der Waals surface area contributed by atoms with E-state index < -0.39 is 29.5 Å². The lowest BCUT2D eigenvalue weighted by molar-refractivity contribution is -0.253. The summed E-state index contributed by atoms with van der Waals surface area (Å²) in [4.78, 5) is 36.2. The van der Waals surface area contributed by atoms with E-state index in [1.165, 1.54) is 19.4 Å². The number of carbonyl (C=O) groups excluding carboxylic acids is 3. The van der Waals surface area contributed by atoms with Crippen LogP contribution < -0.4 is 0 Å². The van der Waals surface area contributed by atoms with Crippen molar-refractivity contribution >= 4 is 17.7 Å². The summed E-state index contributed by atoms with van der Waals surface area (Å²) in [6.45, 7) is 23.6. The van der Waals surface area contributed by atoms with Crippen molar-refractivity contribution in [2.24, 2.45) is 73.9 Å². The van der Waals surface area contributed by atoms with E-state index in [2.05, 4.69) is 48.1 Å². The predicted octanol–water partition coefficient (Wildman–Crippen LogP) is 9.81. The first kappa shape index (κ1) is 61.2. The van der Waals surface area contributed by atoms with E-state index in [0.717, 1.165) is 109 Å². The van der Waals surface area contributed by atoms with Gasteiger partial charge in [-0.15, -0.1) is 0 Å². The zero-order valence-electron chi connectivity index (χ0n) is 45.7. The van der Waals surface area contributed by atoms with Crippen LogP contribution in [-0.2, 0) is 33.3 Å². The number of aliphatic hydroxyl groups is 6. The SMILES string of the molecule is C.C.C=C1CCC2[C@H](O)C([C@@]3(C)CC[C@H](O)C[C@@H]3O)CC[C@]12C.CC(=O)OC1C2CCC(=O)[C@@]2(C)CCC1[C@@]1(C)CC[C@H](O)C[C@@H]1O.CC(=O)OC1C2CCC3(OCCO3)[C@@]2(C)CCC1[C@@]1(C)CC[C@H](C)C[C@@H]1O. The second-order valence-electron chi connectivity index (χ2n) is 27.0. The second kappa shape index (κ2) is 22.6. The Morgan fingerprint density at radius 2 is 0.973 bits per heavy atom. The number of ether oxygens (including phenoxy) is 4. The van der Waals surface area contributed by atoms with Crippen LogP contribution in [0, 0.1) is 73.9 Å². The third-order valence-electron chi connectivity index (χ3n) is 23.3. The fraction of sp³-hybridized carbons (Fsp3) is 0.918. The number of aliphatic hydroxyl groups excluding tert-OH is 6. The van der Waals surface area contributed by atoms with Crippen LogP contribution in [0.2, 0.25) is 0 Å². The van der Waals surface area contributed by atoms with Crippen LogP contribution in [0.15, 0.2) is 12.2 Å². The van der Waals surface area contributed by atoms with Crippen molar-refractivity contribution in [2.75, 3.05) is 13.2 Å². The summed E-state index contributed by atoms with van der Waals surface area (Å²) in [5.74, 6) is 0.729. The number of esters is 2. The molecule has 1 saturated heterocycles. The fourth-order valence-electron chi connectivity index (χ4n) is 18.0. The molecule has 13 nitrogen and oxygen atoms in total. The molecule has 10 fully saturated rings. The highest BCUT2D eigenvalue weighted by atomic mass is 16.7. The number of fused-ring (bicyclic) bond motifs is 4. The van der Waals surface area contributed by atoms with Crippen molar-refractivity contribution < 1.29 is 64.0 Å². The van der Waals surface area contributed by atoms with Crippen LogP contribution in [-0.4, -0.2) is 116 Å². The Morgan fingerprint density at radius 3 is 1.50 bits per heavy atom. The smallest absolute Gasteiger partial charge is 0.302 e. The van der Waals surface area contributed by atoms with Gasteiger partial charge in [-0.2, -0.15) is 0 Å². The Balaban J connectivity index is 0.000000180. The summed E-state index contributed by atoms with van der Waals surface area (Å²) in [5.41, 5.74) is 0.0212. The number of hydrogen-bond donors (Lipinski definition) is 6. The van der Waals surface area contributed by atoms with Gasteiger partial charge in [0, 0.05) is 66.6 Å². The molecule has 0 aromatic rings. The minimum Gasteiger partial charge on any atom is -0.462 e. The van der Waals surface area contributed by atoms with Gasteiger partial charge in [-0.3, -0.25) is 14.4 Å². The molecule has 10 rings (SSSR count). The molecule has 426 valence electrons. The maximum Gasteiger partial charge on any atom is 0.302 e. The molecule has 0 bridgehead atoms. The summed E-state index contributed by atoms with van der Waals surface area (Å²) in [6, 6.07) is 0. The molecule has 0 aromatic carbocycles. The number of carbonyl (C=O) groups is 3. The average Bonchev–Trinajstić information content (AvgIpc) is 4.07. The second-order valence-corrected chi connectivity index (χ2v) is 27.0. The van der Waals surface area contributed by atoms with Crippen LogP contribution in [0.5, 0.6) is 0 Å². The summed E-state index contributed by atoms with van der Waals surface area (Å²) in [6.07, 6.45) is 14.4.